The van der Waals surface area contributed by atoms with E-state index in [-0.39, 0.29) is 5.69 Å². The molecule has 2 aromatic heterocycles. The number of methoxy groups -OCH3 is 1. The molecule has 0 aliphatic carbocycles. The van der Waals surface area contributed by atoms with Crippen LogP contribution >= 0.6 is 11.3 Å². The van der Waals surface area contributed by atoms with Gasteiger partial charge in [0, 0.05) is 30.2 Å². The lowest BCUT2D eigenvalue weighted by atomic mass is 9.86. The van der Waals surface area contributed by atoms with E-state index in [1.165, 1.54) is 16.0 Å². The summed E-state index contributed by atoms with van der Waals surface area (Å²) in [4.78, 5) is 25.2. The normalized spacial score (nSPS) is 17.4. The summed E-state index contributed by atoms with van der Waals surface area (Å²) in [6.07, 6.45) is 5.67. The predicted octanol–water partition coefficient (Wildman–Crippen LogP) is 2.38. The minimum atomic E-state index is -0.660. The molecule has 3 heterocycles. The van der Waals surface area contributed by atoms with E-state index in [1.807, 2.05) is 27.7 Å². The van der Waals surface area contributed by atoms with Gasteiger partial charge in [-0.3, -0.25) is 9.59 Å². The fourth-order valence-corrected chi connectivity index (χ4v) is 5.09. The summed E-state index contributed by atoms with van der Waals surface area (Å²) in [5, 5.41) is 4.89. The number of carbonyl (C=O) groups excluding carboxylic acids is 2. The number of primary amides is 2. The van der Waals surface area contributed by atoms with Gasteiger partial charge in [0.2, 0.25) is 0 Å². The molecule has 0 bridgehead atoms. The van der Waals surface area contributed by atoms with E-state index in [0.717, 1.165) is 10.4 Å². The quantitative estimate of drug-likeness (QED) is 0.746. The van der Waals surface area contributed by atoms with Gasteiger partial charge < -0.3 is 20.9 Å². The van der Waals surface area contributed by atoms with Gasteiger partial charge in [-0.2, -0.15) is 5.10 Å². The number of fused-ring (bicyclic) bond motifs is 1. The number of thiophene rings is 1. The number of carbonyl (C=O) groups is 2. The lowest BCUT2D eigenvalue weighted by molar-refractivity contribution is -0.135. The summed E-state index contributed by atoms with van der Waals surface area (Å²) >= 11 is 1.39. The molecule has 4 N–H and O–H groups in total. The van der Waals surface area contributed by atoms with Crippen LogP contribution in [-0.4, -0.2) is 40.9 Å². The predicted molar refractivity (Wildman–Crippen MR) is 111 cm³/mol. The fraction of sp³-hybridized carbons (Fsp3) is 0.450. The summed E-state index contributed by atoms with van der Waals surface area (Å²) in [6.45, 7) is 8.28. The van der Waals surface area contributed by atoms with Crippen molar-refractivity contribution in [3.8, 4) is 5.00 Å². The molecule has 1 aliphatic rings. The number of amides is 2. The Kier molecular flexibility index (Phi) is 5.42. The van der Waals surface area contributed by atoms with Crippen LogP contribution in [-0.2, 0) is 21.5 Å². The lowest BCUT2D eigenvalue weighted by Crippen LogP contribution is -2.42. The highest BCUT2D eigenvalue weighted by Crippen LogP contribution is 2.47. The van der Waals surface area contributed by atoms with Crippen molar-refractivity contribution >= 4 is 29.2 Å². The fourth-order valence-electron chi connectivity index (χ4n) is 3.80. The highest BCUT2D eigenvalue weighted by molar-refractivity contribution is 7.15. The third-order valence-corrected chi connectivity index (χ3v) is 6.19. The number of nitrogens with two attached hydrogens (primary N) is 2. The van der Waals surface area contributed by atoms with Gasteiger partial charge in [0.25, 0.3) is 11.8 Å². The maximum absolute atomic E-state index is 12.4. The van der Waals surface area contributed by atoms with Crippen LogP contribution in [0, 0.1) is 0 Å². The van der Waals surface area contributed by atoms with Crippen molar-refractivity contribution in [2.24, 2.45) is 11.5 Å². The SMILES string of the molecule is COC/C=C/c1cn(-c2sc3c(c2C(N)=O)CC(C)(C)OC3(C)C)nc1C(N)=O. The summed E-state index contributed by atoms with van der Waals surface area (Å²) in [7, 11) is 1.57. The number of hydrogen-bond donors (Lipinski definition) is 2. The van der Waals surface area contributed by atoms with Crippen molar-refractivity contribution in [3.05, 3.63) is 39.5 Å². The Labute approximate surface area is 173 Å². The Morgan fingerprint density at radius 2 is 2.00 bits per heavy atom. The topological polar surface area (TPSA) is 122 Å². The molecule has 9 heteroatoms. The van der Waals surface area contributed by atoms with Gasteiger partial charge in [-0.25, -0.2) is 4.68 Å². The monoisotopic (exact) mass is 418 g/mol. The van der Waals surface area contributed by atoms with Crippen LogP contribution in [0.2, 0.25) is 0 Å². The van der Waals surface area contributed by atoms with Crippen molar-refractivity contribution in [2.75, 3.05) is 13.7 Å². The Morgan fingerprint density at radius 3 is 2.59 bits per heavy atom. The van der Waals surface area contributed by atoms with Crippen LogP contribution in [0.4, 0.5) is 0 Å². The molecular weight excluding hydrogens is 392 g/mol. The molecule has 29 heavy (non-hydrogen) atoms. The van der Waals surface area contributed by atoms with Crippen molar-refractivity contribution in [1.82, 2.24) is 9.78 Å². The van der Waals surface area contributed by atoms with Gasteiger partial charge >= 0.3 is 0 Å². The van der Waals surface area contributed by atoms with Crippen LogP contribution in [0.1, 0.15) is 64.5 Å². The molecular formula is C20H26N4O4S. The minimum absolute atomic E-state index is 0.106. The largest absolute Gasteiger partial charge is 0.381 e. The average Bonchev–Trinajstić information content (AvgIpc) is 3.15. The van der Waals surface area contributed by atoms with Crippen LogP contribution in [0.25, 0.3) is 11.1 Å². The van der Waals surface area contributed by atoms with Gasteiger partial charge in [0.15, 0.2) is 5.69 Å². The van der Waals surface area contributed by atoms with Crippen LogP contribution in [0.3, 0.4) is 0 Å². The Hall–Kier alpha value is -2.49. The number of rotatable bonds is 6. The molecule has 156 valence electrons. The molecule has 1 aliphatic heterocycles. The molecule has 0 aromatic carbocycles. The molecule has 0 saturated heterocycles. The molecule has 8 nitrogen and oxygen atoms in total. The molecule has 0 atom stereocenters. The van der Waals surface area contributed by atoms with E-state index in [4.69, 9.17) is 20.9 Å². The molecule has 0 radical (unpaired) electrons. The van der Waals surface area contributed by atoms with Gasteiger partial charge in [-0.05, 0) is 33.3 Å². The summed E-state index contributed by atoms with van der Waals surface area (Å²) in [5.74, 6) is -1.20. The summed E-state index contributed by atoms with van der Waals surface area (Å²) in [5.41, 5.74) is 12.1. The van der Waals surface area contributed by atoms with E-state index >= 15 is 0 Å². The highest BCUT2D eigenvalue weighted by Gasteiger charge is 2.43. The van der Waals surface area contributed by atoms with E-state index in [2.05, 4.69) is 5.10 Å². The van der Waals surface area contributed by atoms with E-state index in [9.17, 15) is 9.59 Å². The first-order chi connectivity index (χ1) is 13.5. The van der Waals surface area contributed by atoms with Crippen LogP contribution in [0.5, 0.6) is 0 Å². The molecule has 3 rings (SSSR count). The van der Waals surface area contributed by atoms with Crippen molar-refractivity contribution in [1.29, 1.82) is 0 Å². The van der Waals surface area contributed by atoms with Gasteiger partial charge in [0.1, 0.15) is 5.00 Å². The number of hydrogen-bond acceptors (Lipinski definition) is 6. The van der Waals surface area contributed by atoms with E-state index in [1.54, 1.807) is 25.5 Å². The smallest absolute Gasteiger partial charge is 0.269 e. The van der Waals surface area contributed by atoms with Crippen molar-refractivity contribution in [2.45, 2.75) is 45.3 Å². The summed E-state index contributed by atoms with van der Waals surface area (Å²) in [6, 6.07) is 0. The zero-order chi connectivity index (χ0) is 21.6. The van der Waals surface area contributed by atoms with Crippen LogP contribution < -0.4 is 11.5 Å². The first-order valence-corrected chi connectivity index (χ1v) is 10.00. The first kappa shape index (κ1) is 21.2. The number of aromatic nitrogens is 2. The van der Waals surface area contributed by atoms with Crippen LogP contribution in [0.15, 0.2) is 12.3 Å². The second-order valence-electron chi connectivity index (χ2n) is 8.10. The third-order valence-electron chi connectivity index (χ3n) is 4.66. The second kappa shape index (κ2) is 7.40. The zero-order valence-electron chi connectivity index (χ0n) is 17.2. The molecule has 0 unspecified atom stereocenters. The molecule has 0 fully saturated rings. The van der Waals surface area contributed by atoms with E-state index < -0.39 is 23.0 Å². The third kappa shape index (κ3) is 3.98. The molecule has 0 spiro atoms. The standard InChI is InChI=1S/C20H26N4O4S/c1-19(2)9-12-13(16(21)25)18(29-15(12)20(3,4)28-19)24-10-11(7-6-8-27-5)14(23-24)17(22)26/h6-7,10H,8-9H2,1-5H3,(H2,21,25)(H2,22,26)/b7-6+. The Balaban J connectivity index is 2.20. The Morgan fingerprint density at radius 1 is 1.31 bits per heavy atom. The van der Waals surface area contributed by atoms with Crippen molar-refractivity contribution in [3.63, 3.8) is 0 Å². The maximum atomic E-state index is 12.4. The first-order valence-electron chi connectivity index (χ1n) is 9.18. The van der Waals surface area contributed by atoms with Gasteiger partial charge in [0.05, 0.1) is 23.4 Å². The van der Waals surface area contributed by atoms with E-state index in [0.29, 0.717) is 29.2 Å². The average molecular weight is 419 g/mol. The second-order valence-corrected chi connectivity index (χ2v) is 9.10. The Bertz CT molecular complexity index is 1000. The zero-order valence-corrected chi connectivity index (χ0v) is 18.1. The lowest BCUT2D eigenvalue weighted by Gasteiger charge is -2.41. The molecule has 0 saturated carbocycles. The maximum Gasteiger partial charge on any atom is 0.269 e. The molecule has 2 aromatic rings. The highest BCUT2D eigenvalue weighted by atomic mass is 32.1. The molecule has 2 amide bonds. The number of nitrogens with zero attached hydrogens (tertiary/aromatic N) is 2. The summed E-state index contributed by atoms with van der Waals surface area (Å²) < 4.78 is 12.7. The minimum Gasteiger partial charge on any atom is -0.381 e. The number of ether oxygens (including phenoxy) is 2. The van der Waals surface area contributed by atoms with Crippen molar-refractivity contribution < 1.29 is 19.1 Å². The van der Waals surface area contributed by atoms with Gasteiger partial charge in [-0.1, -0.05) is 12.2 Å². The van der Waals surface area contributed by atoms with Gasteiger partial charge in [-0.15, -0.1) is 11.3 Å².